The molecule has 1 aliphatic rings. The average molecular weight is 254 g/mol. The quantitative estimate of drug-likeness (QED) is 0.815. The van der Waals surface area contributed by atoms with Crippen molar-refractivity contribution < 1.29 is 19.2 Å². The summed E-state index contributed by atoms with van der Waals surface area (Å²) < 4.78 is 10.0. The molecule has 1 saturated heterocycles. The minimum atomic E-state index is -0.719. The number of nitrogens with zero attached hydrogens (tertiary/aromatic N) is 2. The molecule has 2 heterocycles. The van der Waals surface area contributed by atoms with E-state index in [2.05, 4.69) is 10.1 Å². The van der Waals surface area contributed by atoms with Crippen LogP contribution in [0.2, 0.25) is 0 Å². The number of ether oxygens (including phenoxy) is 1. The van der Waals surface area contributed by atoms with Crippen molar-refractivity contribution >= 4 is 5.97 Å². The Hall–Kier alpha value is -1.40. The maximum absolute atomic E-state index is 10.8. The van der Waals surface area contributed by atoms with Gasteiger partial charge in [-0.1, -0.05) is 12.1 Å². The van der Waals surface area contributed by atoms with Gasteiger partial charge in [0, 0.05) is 32.8 Å². The summed E-state index contributed by atoms with van der Waals surface area (Å²) in [5.41, 5.74) is 0.864. The number of carboxylic acid groups (broad SMARTS) is 1. The largest absolute Gasteiger partial charge is 0.481 e. The zero-order valence-corrected chi connectivity index (χ0v) is 10.6. The first-order valence-electron chi connectivity index (χ1n) is 5.98. The van der Waals surface area contributed by atoms with Crippen molar-refractivity contribution in [1.29, 1.82) is 0 Å². The Balaban J connectivity index is 1.77. The summed E-state index contributed by atoms with van der Waals surface area (Å²) in [4.78, 5) is 13.0. The molecule has 1 fully saturated rings. The lowest BCUT2D eigenvalue weighted by Crippen LogP contribution is -2.50. The van der Waals surface area contributed by atoms with Crippen LogP contribution < -0.4 is 0 Å². The molecule has 0 aromatic carbocycles. The fourth-order valence-electron chi connectivity index (χ4n) is 2.13. The van der Waals surface area contributed by atoms with E-state index in [0.29, 0.717) is 18.9 Å². The summed E-state index contributed by atoms with van der Waals surface area (Å²) in [5.74, 6) is -0.0394. The fourth-order valence-corrected chi connectivity index (χ4v) is 2.13. The summed E-state index contributed by atoms with van der Waals surface area (Å²) in [7, 11) is 1.61. The Bertz CT molecular complexity index is 412. The van der Waals surface area contributed by atoms with Crippen LogP contribution in [0.25, 0.3) is 0 Å². The highest BCUT2D eigenvalue weighted by molar-refractivity contribution is 5.70. The summed E-state index contributed by atoms with van der Waals surface area (Å²) in [6.07, 6.45) is 0. The number of methoxy groups -OCH3 is 1. The van der Waals surface area contributed by atoms with Crippen LogP contribution in [0.4, 0.5) is 0 Å². The first kappa shape index (κ1) is 13.0. The second kappa shape index (κ2) is 5.49. The molecule has 0 spiro atoms. The molecule has 0 saturated carbocycles. The van der Waals surface area contributed by atoms with Gasteiger partial charge in [-0.25, -0.2) is 0 Å². The van der Waals surface area contributed by atoms with Crippen LogP contribution >= 0.6 is 0 Å². The number of hydrogen-bond acceptors (Lipinski definition) is 5. The van der Waals surface area contributed by atoms with Crippen LogP contribution in [0.3, 0.4) is 0 Å². The normalized spacial score (nSPS) is 18.6. The number of likely N-dealkylation sites (tertiary alicyclic amines) is 1. The van der Waals surface area contributed by atoms with E-state index < -0.39 is 5.97 Å². The van der Waals surface area contributed by atoms with Gasteiger partial charge in [0.05, 0.1) is 11.6 Å². The number of rotatable bonds is 6. The van der Waals surface area contributed by atoms with E-state index in [1.165, 1.54) is 0 Å². The summed E-state index contributed by atoms with van der Waals surface area (Å²) >= 11 is 0. The Kier molecular flexibility index (Phi) is 3.98. The Morgan fingerprint density at radius 1 is 1.72 bits per heavy atom. The van der Waals surface area contributed by atoms with Gasteiger partial charge in [0.25, 0.3) is 0 Å². The van der Waals surface area contributed by atoms with E-state index >= 15 is 0 Å². The Morgan fingerprint density at radius 2 is 2.44 bits per heavy atom. The molecule has 1 aliphatic heterocycles. The second-order valence-corrected chi connectivity index (χ2v) is 4.80. The van der Waals surface area contributed by atoms with E-state index in [9.17, 15) is 4.79 Å². The van der Waals surface area contributed by atoms with E-state index in [-0.39, 0.29) is 11.8 Å². The van der Waals surface area contributed by atoms with Gasteiger partial charge in [0.1, 0.15) is 6.61 Å². The second-order valence-electron chi connectivity index (χ2n) is 4.80. The van der Waals surface area contributed by atoms with E-state index in [1.807, 2.05) is 6.07 Å². The highest BCUT2D eigenvalue weighted by Gasteiger charge is 2.34. The summed E-state index contributed by atoms with van der Waals surface area (Å²) in [5, 5.41) is 12.8. The first-order chi connectivity index (χ1) is 8.60. The third-order valence-electron chi connectivity index (χ3n) is 3.36. The van der Waals surface area contributed by atoms with Crippen molar-refractivity contribution in [2.24, 2.45) is 11.8 Å². The van der Waals surface area contributed by atoms with Crippen molar-refractivity contribution in [3.05, 3.63) is 17.5 Å². The number of aliphatic carboxylic acids is 1. The minimum Gasteiger partial charge on any atom is -0.481 e. The van der Waals surface area contributed by atoms with Crippen LogP contribution in [0, 0.1) is 11.8 Å². The van der Waals surface area contributed by atoms with Gasteiger partial charge < -0.3 is 14.4 Å². The van der Waals surface area contributed by atoms with E-state index in [1.54, 1.807) is 14.0 Å². The number of aromatic nitrogens is 1. The maximum Gasteiger partial charge on any atom is 0.306 e. The molecular weight excluding hydrogens is 236 g/mol. The lowest BCUT2D eigenvalue weighted by atomic mass is 9.87. The molecule has 1 aromatic rings. The maximum atomic E-state index is 10.8. The SMILES string of the molecule is COCc1cc(CN2CC(C(C)C(=O)O)C2)no1. The predicted octanol–water partition coefficient (Wildman–Crippen LogP) is 0.974. The fraction of sp³-hybridized carbons (Fsp3) is 0.667. The van der Waals surface area contributed by atoms with Gasteiger partial charge in [-0.15, -0.1) is 0 Å². The van der Waals surface area contributed by atoms with Gasteiger partial charge in [-0.2, -0.15) is 0 Å². The van der Waals surface area contributed by atoms with Crippen LogP contribution in [0.5, 0.6) is 0 Å². The molecule has 2 rings (SSSR count). The molecule has 18 heavy (non-hydrogen) atoms. The lowest BCUT2D eigenvalue weighted by molar-refractivity contribution is -0.145. The molecule has 0 amide bonds. The molecule has 1 atom stereocenters. The number of carboxylic acids is 1. The van der Waals surface area contributed by atoms with Crippen molar-refractivity contribution in [2.45, 2.75) is 20.1 Å². The third kappa shape index (κ3) is 2.88. The van der Waals surface area contributed by atoms with Crippen LogP contribution in [-0.2, 0) is 22.7 Å². The van der Waals surface area contributed by atoms with Gasteiger partial charge in [0.2, 0.25) is 0 Å². The van der Waals surface area contributed by atoms with Gasteiger partial charge >= 0.3 is 5.97 Å². The number of hydrogen-bond donors (Lipinski definition) is 1. The zero-order chi connectivity index (χ0) is 13.1. The van der Waals surface area contributed by atoms with Crippen molar-refractivity contribution in [3.8, 4) is 0 Å². The molecule has 1 unspecified atom stereocenters. The number of carbonyl (C=O) groups is 1. The molecule has 1 N–H and O–H groups in total. The molecule has 0 bridgehead atoms. The van der Waals surface area contributed by atoms with Gasteiger partial charge in [0.15, 0.2) is 5.76 Å². The monoisotopic (exact) mass is 254 g/mol. The molecule has 6 nitrogen and oxygen atoms in total. The van der Waals surface area contributed by atoms with Crippen LogP contribution in [0.15, 0.2) is 10.6 Å². The van der Waals surface area contributed by atoms with E-state index in [4.69, 9.17) is 14.4 Å². The van der Waals surface area contributed by atoms with Crippen LogP contribution in [-0.4, -0.2) is 41.3 Å². The molecule has 1 aromatic heterocycles. The Labute approximate surface area is 106 Å². The Morgan fingerprint density at radius 3 is 3.06 bits per heavy atom. The molecular formula is C12H18N2O4. The average Bonchev–Trinajstić information content (AvgIpc) is 2.70. The summed E-state index contributed by atoms with van der Waals surface area (Å²) in [6, 6.07) is 1.87. The molecule has 6 heteroatoms. The molecule has 0 radical (unpaired) electrons. The van der Waals surface area contributed by atoms with Gasteiger partial charge in [-0.05, 0) is 5.92 Å². The minimum absolute atomic E-state index is 0.243. The van der Waals surface area contributed by atoms with Crippen molar-refractivity contribution in [1.82, 2.24) is 10.1 Å². The van der Waals surface area contributed by atoms with E-state index in [0.717, 1.165) is 18.8 Å². The molecule has 0 aliphatic carbocycles. The van der Waals surface area contributed by atoms with Gasteiger partial charge in [-0.3, -0.25) is 9.69 Å². The van der Waals surface area contributed by atoms with Crippen molar-refractivity contribution in [3.63, 3.8) is 0 Å². The smallest absolute Gasteiger partial charge is 0.306 e. The third-order valence-corrected chi connectivity index (χ3v) is 3.36. The lowest BCUT2D eigenvalue weighted by Gasteiger charge is -2.40. The standard InChI is InChI=1S/C12H18N2O4/c1-8(12(15)16)9-4-14(5-9)6-10-3-11(7-17-2)18-13-10/h3,8-9H,4-7H2,1-2H3,(H,15,16). The topological polar surface area (TPSA) is 75.8 Å². The highest BCUT2D eigenvalue weighted by Crippen LogP contribution is 2.25. The highest BCUT2D eigenvalue weighted by atomic mass is 16.5. The molecule has 100 valence electrons. The predicted molar refractivity (Wildman–Crippen MR) is 62.8 cm³/mol. The van der Waals surface area contributed by atoms with Crippen LogP contribution in [0.1, 0.15) is 18.4 Å². The van der Waals surface area contributed by atoms with Crippen molar-refractivity contribution in [2.75, 3.05) is 20.2 Å². The summed E-state index contributed by atoms with van der Waals surface area (Å²) in [6.45, 7) is 4.50. The zero-order valence-electron chi connectivity index (χ0n) is 10.6. The first-order valence-corrected chi connectivity index (χ1v) is 5.98.